The van der Waals surface area contributed by atoms with Gasteiger partial charge in [-0.05, 0) is 36.2 Å². The average Bonchev–Trinajstić information content (AvgIpc) is 2.99. The second-order valence-electron chi connectivity index (χ2n) is 5.60. The molecule has 0 atom stereocenters. The normalized spacial score (nSPS) is 11.0. The van der Waals surface area contributed by atoms with Crippen molar-refractivity contribution < 1.29 is 4.42 Å². The van der Waals surface area contributed by atoms with Crippen LogP contribution in [0.25, 0.3) is 33.4 Å². The van der Waals surface area contributed by atoms with E-state index in [1.165, 1.54) is 16.7 Å². The maximum atomic E-state index is 5.98. The molecule has 0 amide bonds. The lowest BCUT2D eigenvalue weighted by atomic mass is 10.0. The third-order valence-electron chi connectivity index (χ3n) is 3.96. The Morgan fingerprint density at radius 3 is 2.14 bits per heavy atom. The highest BCUT2D eigenvalue weighted by Crippen LogP contribution is 2.31. The Kier molecular flexibility index (Phi) is 3.05. The fourth-order valence-electron chi connectivity index (χ4n) is 2.71. The monoisotopic (exact) mass is 284 g/mol. The van der Waals surface area contributed by atoms with Crippen LogP contribution in [0.1, 0.15) is 5.56 Å². The van der Waals surface area contributed by atoms with E-state index in [0.29, 0.717) is 0 Å². The van der Waals surface area contributed by atoms with E-state index in [1.807, 2.05) is 6.07 Å². The van der Waals surface area contributed by atoms with E-state index in [-0.39, 0.29) is 0 Å². The van der Waals surface area contributed by atoms with Crippen LogP contribution in [-0.4, -0.2) is 0 Å². The molecule has 1 aromatic heterocycles. The molecule has 4 aromatic rings. The standard InChI is InChI=1S/C21H16O/c1-15-7-9-17(10-8-15)21-14-19-13-18(11-12-20(19)22-21)16-5-3-2-4-6-16/h2-14H,1H3. The zero-order valence-corrected chi connectivity index (χ0v) is 12.4. The van der Waals surface area contributed by atoms with Gasteiger partial charge in [0.25, 0.3) is 0 Å². The average molecular weight is 284 g/mol. The Hall–Kier alpha value is -2.80. The van der Waals surface area contributed by atoms with Crippen LogP contribution >= 0.6 is 0 Å². The van der Waals surface area contributed by atoms with Gasteiger partial charge in [0.05, 0.1) is 0 Å². The lowest BCUT2D eigenvalue weighted by Gasteiger charge is -2.00. The molecule has 1 heteroatoms. The Balaban J connectivity index is 1.80. The molecule has 0 saturated heterocycles. The van der Waals surface area contributed by atoms with Crippen LogP contribution in [0.5, 0.6) is 0 Å². The Bertz CT molecular complexity index is 915. The van der Waals surface area contributed by atoms with E-state index in [9.17, 15) is 0 Å². The van der Waals surface area contributed by atoms with Gasteiger partial charge in [-0.1, -0.05) is 66.2 Å². The second kappa shape index (κ2) is 5.19. The quantitative estimate of drug-likeness (QED) is 0.435. The summed E-state index contributed by atoms with van der Waals surface area (Å²) in [7, 11) is 0. The Labute approximate surface area is 129 Å². The van der Waals surface area contributed by atoms with Crippen molar-refractivity contribution in [2.45, 2.75) is 6.92 Å². The predicted molar refractivity (Wildman–Crippen MR) is 91.8 cm³/mol. The van der Waals surface area contributed by atoms with Crippen LogP contribution in [0.4, 0.5) is 0 Å². The summed E-state index contributed by atoms with van der Waals surface area (Å²) in [5.41, 5.74) is 5.73. The van der Waals surface area contributed by atoms with Gasteiger partial charge >= 0.3 is 0 Å². The maximum absolute atomic E-state index is 5.98. The molecular formula is C21H16O. The number of hydrogen-bond donors (Lipinski definition) is 0. The van der Waals surface area contributed by atoms with Gasteiger partial charge in [0.2, 0.25) is 0 Å². The van der Waals surface area contributed by atoms with E-state index in [1.54, 1.807) is 0 Å². The van der Waals surface area contributed by atoms with Gasteiger partial charge < -0.3 is 4.42 Å². The first-order valence-electron chi connectivity index (χ1n) is 7.46. The highest BCUT2D eigenvalue weighted by atomic mass is 16.3. The summed E-state index contributed by atoms with van der Waals surface area (Å²) in [5.74, 6) is 0.917. The van der Waals surface area contributed by atoms with E-state index >= 15 is 0 Å². The molecule has 0 bridgehead atoms. The number of aryl methyl sites for hydroxylation is 1. The minimum atomic E-state index is 0.917. The van der Waals surface area contributed by atoms with Crippen molar-refractivity contribution in [2.75, 3.05) is 0 Å². The minimum absolute atomic E-state index is 0.917. The molecule has 0 radical (unpaired) electrons. The fourth-order valence-corrected chi connectivity index (χ4v) is 2.71. The summed E-state index contributed by atoms with van der Waals surface area (Å²) in [6.07, 6.45) is 0. The second-order valence-corrected chi connectivity index (χ2v) is 5.60. The van der Waals surface area contributed by atoms with E-state index in [2.05, 4.69) is 79.7 Å². The number of benzene rings is 3. The third kappa shape index (κ3) is 2.31. The molecule has 3 aromatic carbocycles. The zero-order chi connectivity index (χ0) is 14.9. The van der Waals surface area contributed by atoms with Gasteiger partial charge in [-0.3, -0.25) is 0 Å². The molecule has 106 valence electrons. The summed E-state index contributed by atoms with van der Waals surface area (Å²) in [6.45, 7) is 2.09. The molecule has 1 nitrogen and oxygen atoms in total. The number of hydrogen-bond acceptors (Lipinski definition) is 1. The molecule has 0 saturated carbocycles. The van der Waals surface area contributed by atoms with Crippen molar-refractivity contribution in [3.63, 3.8) is 0 Å². The summed E-state index contributed by atoms with van der Waals surface area (Å²) in [5, 5.41) is 1.14. The molecule has 0 spiro atoms. The zero-order valence-electron chi connectivity index (χ0n) is 12.4. The largest absolute Gasteiger partial charge is 0.456 e. The smallest absolute Gasteiger partial charge is 0.135 e. The highest BCUT2D eigenvalue weighted by molar-refractivity contribution is 5.87. The van der Waals surface area contributed by atoms with E-state index < -0.39 is 0 Å². The molecular weight excluding hydrogens is 268 g/mol. The van der Waals surface area contributed by atoms with Gasteiger partial charge in [-0.2, -0.15) is 0 Å². The maximum Gasteiger partial charge on any atom is 0.135 e. The summed E-state index contributed by atoms with van der Waals surface area (Å²) < 4.78 is 5.98. The van der Waals surface area contributed by atoms with Crippen molar-refractivity contribution in [3.8, 4) is 22.5 Å². The van der Waals surface area contributed by atoms with Gasteiger partial charge in [0, 0.05) is 10.9 Å². The SMILES string of the molecule is Cc1ccc(-c2cc3cc(-c4ccccc4)ccc3o2)cc1. The van der Waals surface area contributed by atoms with Crippen molar-refractivity contribution in [3.05, 3.63) is 84.4 Å². The van der Waals surface area contributed by atoms with Gasteiger partial charge in [0.15, 0.2) is 0 Å². The number of fused-ring (bicyclic) bond motifs is 1. The first-order chi connectivity index (χ1) is 10.8. The van der Waals surface area contributed by atoms with Crippen molar-refractivity contribution in [2.24, 2.45) is 0 Å². The Morgan fingerprint density at radius 2 is 1.36 bits per heavy atom. The van der Waals surface area contributed by atoms with Crippen molar-refractivity contribution in [1.29, 1.82) is 0 Å². The topological polar surface area (TPSA) is 13.1 Å². The fraction of sp³-hybridized carbons (Fsp3) is 0.0476. The van der Waals surface area contributed by atoms with Gasteiger partial charge in [-0.15, -0.1) is 0 Å². The molecule has 22 heavy (non-hydrogen) atoms. The molecule has 0 aliphatic carbocycles. The number of rotatable bonds is 2. The number of furan rings is 1. The van der Waals surface area contributed by atoms with Crippen molar-refractivity contribution >= 4 is 11.0 Å². The van der Waals surface area contributed by atoms with E-state index in [4.69, 9.17) is 4.42 Å². The highest BCUT2D eigenvalue weighted by Gasteiger charge is 2.07. The van der Waals surface area contributed by atoms with Crippen LogP contribution in [-0.2, 0) is 0 Å². The molecule has 0 aliphatic heterocycles. The van der Waals surface area contributed by atoms with Crippen LogP contribution in [0.15, 0.2) is 83.3 Å². The van der Waals surface area contributed by atoms with Crippen molar-refractivity contribution in [1.82, 2.24) is 0 Å². The molecule has 0 fully saturated rings. The van der Waals surface area contributed by atoms with Crippen LogP contribution in [0.2, 0.25) is 0 Å². The first-order valence-corrected chi connectivity index (χ1v) is 7.46. The molecule has 0 N–H and O–H groups in total. The molecule has 0 aliphatic rings. The van der Waals surface area contributed by atoms with Crippen LogP contribution in [0.3, 0.4) is 0 Å². The van der Waals surface area contributed by atoms with Gasteiger partial charge in [-0.25, -0.2) is 0 Å². The summed E-state index contributed by atoms with van der Waals surface area (Å²) >= 11 is 0. The minimum Gasteiger partial charge on any atom is -0.456 e. The Morgan fingerprint density at radius 1 is 0.636 bits per heavy atom. The van der Waals surface area contributed by atoms with E-state index in [0.717, 1.165) is 22.3 Å². The first kappa shape index (κ1) is 12.9. The van der Waals surface area contributed by atoms with Crippen LogP contribution < -0.4 is 0 Å². The third-order valence-corrected chi connectivity index (χ3v) is 3.96. The molecule has 4 rings (SSSR count). The lowest BCUT2D eigenvalue weighted by molar-refractivity contribution is 0.631. The molecule has 1 heterocycles. The predicted octanol–water partition coefficient (Wildman–Crippen LogP) is 6.08. The lowest BCUT2D eigenvalue weighted by Crippen LogP contribution is -1.75. The summed E-state index contributed by atoms with van der Waals surface area (Å²) in [6, 6.07) is 27.3. The van der Waals surface area contributed by atoms with Crippen LogP contribution in [0, 0.1) is 6.92 Å². The summed E-state index contributed by atoms with van der Waals surface area (Å²) in [4.78, 5) is 0. The molecule has 0 unspecified atom stereocenters. The van der Waals surface area contributed by atoms with Gasteiger partial charge in [0.1, 0.15) is 11.3 Å².